The van der Waals surface area contributed by atoms with Crippen LogP contribution in [0.3, 0.4) is 0 Å². The van der Waals surface area contributed by atoms with Gasteiger partial charge in [-0.25, -0.2) is 9.59 Å². The van der Waals surface area contributed by atoms with Gasteiger partial charge in [0.25, 0.3) is 0 Å². The second-order valence-corrected chi connectivity index (χ2v) is 5.37. The number of carboxylic acids is 1. The molecule has 1 saturated carbocycles. The van der Waals surface area contributed by atoms with E-state index in [1.807, 2.05) is 13.8 Å². The summed E-state index contributed by atoms with van der Waals surface area (Å²) in [4.78, 5) is 22.7. The Kier molecular flexibility index (Phi) is 5.44. The Morgan fingerprint density at radius 3 is 2.39 bits per heavy atom. The lowest BCUT2D eigenvalue weighted by Gasteiger charge is -2.21. The van der Waals surface area contributed by atoms with E-state index < -0.39 is 12.0 Å². The molecular formula is C13H24N2O3. The second kappa shape index (κ2) is 6.61. The lowest BCUT2D eigenvalue weighted by atomic mass is 9.99. The fourth-order valence-corrected chi connectivity index (χ4v) is 1.96. The summed E-state index contributed by atoms with van der Waals surface area (Å²) in [6.45, 7) is 6.46. The molecule has 1 unspecified atom stereocenters. The van der Waals surface area contributed by atoms with Crippen molar-refractivity contribution in [2.24, 2.45) is 17.8 Å². The van der Waals surface area contributed by atoms with E-state index in [1.54, 1.807) is 0 Å². The predicted molar refractivity (Wildman–Crippen MR) is 69.3 cm³/mol. The first-order chi connectivity index (χ1) is 8.45. The number of urea groups is 1. The quantitative estimate of drug-likeness (QED) is 0.650. The van der Waals surface area contributed by atoms with Crippen molar-refractivity contribution in [3.8, 4) is 0 Å². The third-order valence-corrected chi connectivity index (χ3v) is 3.78. The van der Waals surface area contributed by atoms with E-state index in [1.165, 1.54) is 12.8 Å². The van der Waals surface area contributed by atoms with Crippen LogP contribution in [0.25, 0.3) is 0 Å². The molecule has 0 radical (unpaired) electrons. The molecule has 0 bridgehead atoms. The number of carbonyl (C=O) groups is 2. The number of amides is 2. The van der Waals surface area contributed by atoms with Gasteiger partial charge in [-0.15, -0.1) is 0 Å². The number of aliphatic carboxylic acids is 1. The zero-order chi connectivity index (χ0) is 13.7. The largest absolute Gasteiger partial charge is 0.480 e. The molecule has 0 heterocycles. The molecule has 1 aliphatic carbocycles. The van der Waals surface area contributed by atoms with Crippen molar-refractivity contribution in [3.05, 3.63) is 0 Å². The van der Waals surface area contributed by atoms with Gasteiger partial charge in [-0.1, -0.05) is 27.2 Å². The molecule has 1 aliphatic rings. The molecule has 1 fully saturated rings. The molecule has 1 rings (SSSR count). The Labute approximate surface area is 108 Å². The van der Waals surface area contributed by atoms with Crippen LogP contribution in [0, 0.1) is 17.8 Å². The molecule has 0 spiro atoms. The van der Waals surface area contributed by atoms with Gasteiger partial charge < -0.3 is 15.7 Å². The maximum Gasteiger partial charge on any atom is 0.326 e. The molecule has 0 aromatic rings. The highest BCUT2D eigenvalue weighted by Crippen LogP contribution is 2.35. The van der Waals surface area contributed by atoms with Crippen LogP contribution in [0.15, 0.2) is 0 Å². The highest BCUT2D eigenvalue weighted by Gasteiger charge is 2.29. The topological polar surface area (TPSA) is 78.4 Å². The summed E-state index contributed by atoms with van der Waals surface area (Å²) >= 11 is 0. The average Bonchev–Trinajstić information content (AvgIpc) is 3.15. The minimum Gasteiger partial charge on any atom is -0.480 e. The van der Waals surface area contributed by atoms with Crippen LogP contribution in [-0.4, -0.2) is 29.7 Å². The van der Waals surface area contributed by atoms with Gasteiger partial charge in [0.1, 0.15) is 6.04 Å². The van der Waals surface area contributed by atoms with Crippen LogP contribution >= 0.6 is 0 Å². The lowest BCUT2D eigenvalue weighted by molar-refractivity contribution is -0.140. The predicted octanol–water partition coefficient (Wildman–Crippen LogP) is 1.83. The Hall–Kier alpha value is -1.26. The normalized spacial score (nSPS) is 19.7. The van der Waals surface area contributed by atoms with E-state index in [2.05, 4.69) is 17.6 Å². The van der Waals surface area contributed by atoms with Crippen LogP contribution in [0.2, 0.25) is 0 Å². The average molecular weight is 256 g/mol. The third-order valence-electron chi connectivity index (χ3n) is 3.78. The Morgan fingerprint density at radius 1 is 1.33 bits per heavy atom. The van der Waals surface area contributed by atoms with Gasteiger partial charge >= 0.3 is 12.0 Å². The maximum atomic E-state index is 11.6. The molecule has 2 amide bonds. The zero-order valence-corrected chi connectivity index (χ0v) is 11.4. The minimum atomic E-state index is -0.977. The number of nitrogens with one attached hydrogen (secondary N) is 2. The van der Waals surface area contributed by atoms with Gasteiger partial charge in [-0.2, -0.15) is 0 Å². The van der Waals surface area contributed by atoms with E-state index >= 15 is 0 Å². The second-order valence-electron chi connectivity index (χ2n) is 5.37. The summed E-state index contributed by atoms with van der Waals surface area (Å²) in [5, 5.41) is 14.3. The van der Waals surface area contributed by atoms with Crippen molar-refractivity contribution in [1.29, 1.82) is 0 Å². The number of rotatable bonds is 7. The number of carboxylic acid groups (broad SMARTS) is 1. The summed E-state index contributed by atoms with van der Waals surface area (Å²) in [6, 6.07) is -1.19. The van der Waals surface area contributed by atoms with E-state index in [-0.39, 0.29) is 11.9 Å². The first kappa shape index (κ1) is 14.8. The highest BCUT2D eigenvalue weighted by atomic mass is 16.4. The molecule has 5 heteroatoms. The third kappa shape index (κ3) is 4.55. The molecular weight excluding hydrogens is 232 g/mol. The fraction of sp³-hybridized carbons (Fsp3) is 0.846. The smallest absolute Gasteiger partial charge is 0.326 e. The van der Waals surface area contributed by atoms with E-state index in [4.69, 9.17) is 5.11 Å². The number of hydrogen-bond acceptors (Lipinski definition) is 2. The maximum absolute atomic E-state index is 11.6. The van der Waals surface area contributed by atoms with Crippen LogP contribution in [0.5, 0.6) is 0 Å². The molecule has 0 aromatic heterocycles. The van der Waals surface area contributed by atoms with E-state index in [0.29, 0.717) is 12.5 Å². The van der Waals surface area contributed by atoms with Crippen LogP contribution < -0.4 is 10.6 Å². The summed E-state index contributed by atoms with van der Waals surface area (Å²) in [7, 11) is 0. The molecule has 3 atom stereocenters. The molecule has 18 heavy (non-hydrogen) atoms. The van der Waals surface area contributed by atoms with E-state index in [0.717, 1.165) is 12.3 Å². The van der Waals surface area contributed by atoms with E-state index in [9.17, 15) is 9.59 Å². The minimum absolute atomic E-state index is 0.0749. The van der Waals surface area contributed by atoms with Crippen LogP contribution in [0.1, 0.15) is 40.0 Å². The van der Waals surface area contributed by atoms with Crippen molar-refractivity contribution in [1.82, 2.24) is 10.6 Å². The summed E-state index contributed by atoms with van der Waals surface area (Å²) in [5.74, 6) is 0.154. The molecule has 0 aliphatic heterocycles. The SMILES string of the molecule is CC[C@H](C)[C@H](NC(=O)NCC(C)C1CC1)C(=O)O. The molecule has 0 aromatic carbocycles. The number of hydrogen-bond donors (Lipinski definition) is 3. The highest BCUT2D eigenvalue weighted by molar-refractivity contribution is 5.82. The lowest BCUT2D eigenvalue weighted by Crippen LogP contribution is -2.49. The standard InChI is InChI=1S/C13H24N2O3/c1-4-8(2)11(12(16)17)15-13(18)14-7-9(3)10-5-6-10/h8-11H,4-7H2,1-3H3,(H,16,17)(H2,14,15,18)/t8-,9?,11-/m0/s1. The summed E-state index contributed by atoms with van der Waals surface area (Å²) < 4.78 is 0. The van der Waals surface area contributed by atoms with Gasteiger partial charge in [-0.3, -0.25) is 0 Å². The van der Waals surface area contributed by atoms with Gasteiger partial charge in [-0.05, 0) is 30.6 Å². The van der Waals surface area contributed by atoms with Crippen molar-refractivity contribution in [2.75, 3.05) is 6.54 Å². The molecule has 104 valence electrons. The zero-order valence-electron chi connectivity index (χ0n) is 11.4. The Bertz CT molecular complexity index is 303. The summed E-state index contributed by atoms with van der Waals surface area (Å²) in [5.41, 5.74) is 0. The van der Waals surface area contributed by atoms with Gasteiger partial charge in [0.2, 0.25) is 0 Å². The van der Waals surface area contributed by atoms with Crippen LogP contribution in [0.4, 0.5) is 4.79 Å². The monoisotopic (exact) mass is 256 g/mol. The first-order valence-electron chi connectivity index (χ1n) is 6.72. The Balaban J connectivity index is 2.33. The van der Waals surface area contributed by atoms with Crippen LogP contribution in [-0.2, 0) is 4.79 Å². The van der Waals surface area contributed by atoms with Crippen molar-refractivity contribution in [2.45, 2.75) is 46.1 Å². The van der Waals surface area contributed by atoms with Gasteiger partial charge in [0.05, 0.1) is 0 Å². The first-order valence-corrected chi connectivity index (χ1v) is 6.72. The summed E-state index contributed by atoms with van der Waals surface area (Å²) in [6.07, 6.45) is 3.21. The van der Waals surface area contributed by atoms with Crippen molar-refractivity contribution >= 4 is 12.0 Å². The van der Waals surface area contributed by atoms with Crippen molar-refractivity contribution in [3.63, 3.8) is 0 Å². The fourth-order valence-electron chi connectivity index (χ4n) is 1.96. The molecule has 5 nitrogen and oxygen atoms in total. The van der Waals surface area contributed by atoms with Gasteiger partial charge in [0, 0.05) is 6.54 Å². The Morgan fingerprint density at radius 2 is 1.94 bits per heavy atom. The molecule has 0 saturated heterocycles. The number of carbonyl (C=O) groups excluding carboxylic acids is 1. The molecule has 3 N–H and O–H groups in total. The van der Waals surface area contributed by atoms with Gasteiger partial charge in [0.15, 0.2) is 0 Å². The van der Waals surface area contributed by atoms with Crippen molar-refractivity contribution < 1.29 is 14.7 Å².